The van der Waals surface area contributed by atoms with E-state index in [1.165, 1.54) is 4.90 Å². The third-order valence-corrected chi connectivity index (χ3v) is 8.36. The fraction of sp³-hybridized carbons (Fsp3) is 0.577. The van der Waals surface area contributed by atoms with Crippen LogP contribution in [0.4, 0.5) is 0 Å². The van der Waals surface area contributed by atoms with Crippen LogP contribution in [0.5, 0.6) is 0 Å². The van der Waals surface area contributed by atoms with Crippen molar-refractivity contribution >= 4 is 29.5 Å². The number of nitrogens with one attached hydrogen (secondary N) is 1. The highest BCUT2D eigenvalue weighted by Crippen LogP contribution is 2.33. The van der Waals surface area contributed by atoms with E-state index in [0.717, 1.165) is 37.9 Å². The summed E-state index contributed by atoms with van der Waals surface area (Å²) in [5.74, 6) is -1.45. The van der Waals surface area contributed by atoms with Crippen LogP contribution in [-0.2, 0) is 9.59 Å². The molecule has 0 spiro atoms. The number of allylic oxidation sites excluding steroid dienone is 1. The van der Waals surface area contributed by atoms with Gasteiger partial charge in [-0.1, -0.05) is 18.2 Å². The van der Waals surface area contributed by atoms with Gasteiger partial charge in [0.1, 0.15) is 0 Å². The molecule has 3 heterocycles. The Kier molecular flexibility index (Phi) is 9.05. The third kappa shape index (κ3) is 6.29. The van der Waals surface area contributed by atoms with Crippen LogP contribution in [0.3, 0.4) is 0 Å². The molecule has 4 atom stereocenters. The predicted molar refractivity (Wildman–Crippen MR) is 138 cm³/mol. The number of carbonyl (C=O) groups is 3. The maximum atomic E-state index is 13.1. The zero-order valence-corrected chi connectivity index (χ0v) is 21.5. The second-order valence-corrected chi connectivity index (χ2v) is 11.0. The van der Waals surface area contributed by atoms with Gasteiger partial charge in [-0.3, -0.25) is 14.4 Å². The van der Waals surface area contributed by atoms with E-state index in [9.17, 15) is 24.6 Å². The average molecular weight is 517 g/mol. The van der Waals surface area contributed by atoms with E-state index in [1.54, 1.807) is 17.8 Å². The Bertz CT molecular complexity index is 973. The number of likely N-dealkylation sites (N-methyl/N-ethyl adjacent to an activating group) is 1. The van der Waals surface area contributed by atoms with Crippen molar-refractivity contribution in [3.05, 3.63) is 46.9 Å². The number of nitrogens with zero attached hydrogens (tertiary/aromatic N) is 3. The summed E-state index contributed by atoms with van der Waals surface area (Å²) in [6.07, 6.45) is 1.51. The molecule has 0 aliphatic carbocycles. The number of likely N-dealkylation sites (tertiary alicyclic amines) is 1. The Morgan fingerprint density at radius 3 is 2.61 bits per heavy atom. The van der Waals surface area contributed by atoms with Crippen LogP contribution in [0.15, 0.2) is 35.7 Å². The fourth-order valence-electron chi connectivity index (χ4n) is 4.97. The molecule has 2 saturated heterocycles. The largest absolute Gasteiger partial charge is 0.380 e. The van der Waals surface area contributed by atoms with Gasteiger partial charge in [0.15, 0.2) is 12.2 Å². The molecule has 0 bridgehead atoms. The molecule has 2 unspecified atom stereocenters. The van der Waals surface area contributed by atoms with Crippen LogP contribution in [-0.4, -0.2) is 106 Å². The summed E-state index contributed by atoms with van der Waals surface area (Å²) >= 11 is 1.71. The number of rotatable bonds is 8. The predicted octanol–water partition coefficient (Wildman–Crippen LogP) is 0.985. The minimum Gasteiger partial charge on any atom is -0.380 e. The number of hydrogen-bond acceptors (Lipinski definition) is 7. The Morgan fingerprint density at radius 2 is 1.89 bits per heavy atom. The van der Waals surface area contributed by atoms with Gasteiger partial charge in [-0.25, -0.2) is 0 Å². The van der Waals surface area contributed by atoms with Crippen LogP contribution < -0.4 is 5.32 Å². The van der Waals surface area contributed by atoms with Gasteiger partial charge in [0.25, 0.3) is 17.7 Å². The monoisotopic (exact) mass is 516 g/mol. The van der Waals surface area contributed by atoms with Gasteiger partial charge in [0.05, 0.1) is 6.04 Å². The summed E-state index contributed by atoms with van der Waals surface area (Å²) in [6, 6.07) is 6.98. The maximum Gasteiger partial charge on any atom is 0.255 e. The SMILES string of the molecule is CN1CCN(C(=O)c2cccc(C3CCCN3C(=O)[C@H](O)[C@@H](O)C(=O)NCCC3CC=CS3)c2)CC1. The van der Waals surface area contributed by atoms with Gasteiger partial charge in [0.2, 0.25) is 0 Å². The van der Waals surface area contributed by atoms with Crippen LogP contribution in [0.1, 0.15) is 47.6 Å². The van der Waals surface area contributed by atoms with Gasteiger partial charge in [-0.2, -0.15) is 0 Å². The molecule has 1 aromatic rings. The molecule has 1 aromatic carbocycles. The quantitative estimate of drug-likeness (QED) is 0.472. The summed E-state index contributed by atoms with van der Waals surface area (Å²) in [4.78, 5) is 44.0. The maximum absolute atomic E-state index is 13.1. The molecule has 3 N–H and O–H groups in total. The topological polar surface area (TPSA) is 113 Å². The molecule has 2 fully saturated rings. The Labute approximate surface area is 216 Å². The van der Waals surface area contributed by atoms with Crippen molar-refractivity contribution in [2.45, 2.75) is 49.2 Å². The molecule has 3 aliphatic rings. The minimum atomic E-state index is -1.84. The first-order chi connectivity index (χ1) is 17.3. The molecule has 0 aromatic heterocycles. The number of aliphatic hydroxyl groups is 2. The highest BCUT2D eigenvalue weighted by Gasteiger charge is 2.38. The van der Waals surface area contributed by atoms with Crippen LogP contribution in [0.25, 0.3) is 0 Å². The second kappa shape index (κ2) is 12.2. The Hall–Kier alpha value is -2.40. The first-order valence-corrected chi connectivity index (χ1v) is 13.6. The van der Waals surface area contributed by atoms with Crippen molar-refractivity contribution in [2.75, 3.05) is 46.3 Å². The summed E-state index contributed by atoms with van der Waals surface area (Å²) in [6.45, 7) is 3.81. The van der Waals surface area contributed by atoms with Gasteiger partial charge in [-0.05, 0) is 55.8 Å². The van der Waals surface area contributed by atoms with E-state index >= 15 is 0 Å². The van der Waals surface area contributed by atoms with E-state index in [2.05, 4.69) is 16.3 Å². The molecule has 9 nitrogen and oxygen atoms in total. The number of aliphatic hydroxyl groups excluding tert-OH is 2. The Balaban J connectivity index is 1.36. The number of piperazine rings is 1. The molecular formula is C26H36N4O5S. The normalized spacial score (nSPS) is 24.1. The lowest BCUT2D eigenvalue weighted by Gasteiger charge is -2.33. The van der Waals surface area contributed by atoms with Crippen molar-refractivity contribution in [2.24, 2.45) is 0 Å². The zero-order valence-electron chi connectivity index (χ0n) is 20.7. The Morgan fingerprint density at radius 1 is 1.11 bits per heavy atom. The van der Waals surface area contributed by atoms with E-state index in [0.29, 0.717) is 43.4 Å². The highest BCUT2D eigenvalue weighted by atomic mass is 32.2. The zero-order chi connectivity index (χ0) is 25.7. The van der Waals surface area contributed by atoms with Crippen molar-refractivity contribution in [1.82, 2.24) is 20.0 Å². The van der Waals surface area contributed by atoms with E-state index in [4.69, 9.17) is 0 Å². The lowest BCUT2D eigenvalue weighted by Crippen LogP contribution is -2.50. The average Bonchev–Trinajstić information content (AvgIpc) is 3.60. The molecule has 3 amide bonds. The number of benzene rings is 1. The first-order valence-electron chi connectivity index (χ1n) is 12.7. The molecular weight excluding hydrogens is 480 g/mol. The molecule has 0 saturated carbocycles. The van der Waals surface area contributed by atoms with Crippen LogP contribution in [0, 0.1) is 0 Å². The summed E-state index contributed by atoms with van der Waals surface area (Å²) in [5.41, 5.74) is 1.39. The van der Waals surface area contributed by atoms with E-state index in [1.807, 2.05) is 35.6 Å². The van der Waals surface area contributed by atoms with Gasteiger partial charge in [-0.15, -0.1) is 11.8 Å². The summed E-state index contributed by atoms with van der Waals surface area (Å²) in [7, 11) is 2.04. The number of hydrogen-bond donors (Lipinski definition) is 3. The van der Waals surface area contributed by atoms with E-state index in [-0.39, 0.29) is 11.9 Å². The first kappa shape index (κ1) is 26.7. The van der Waals surface area contributed by atoms with E-state index < -0.39 is 24.0 Å². The molecule has 10 heteroatoms. The van der Waals surface area contributed by atoms with Crippen molar-refractivity contribution in [1.29, 1.82) is 0 Å². The van der Waals surface area contributed by atoms with Gasteiger partial charge < -0.3 is 30.2 Å². The van der Waals surface area contributed by atoms with Gasteiger partial charge in [0, 0.05) is 50.1 Å². The second-order valence-electron chi connectivity index (χ2n) is 9.75. The summed E-state index contributed by atoms with van der Waals surface area (Å²) < 4.78 is 0. The number of thioether (sulfide) groups is 1. The standard InChI is InChI=1S/C26H36N4O5S/c1-28-12-14-29(15-13-28)25(34)19-6-2-5-18(17-19)21-8-3-11-30(21)26(35)23(32)22(31)24(33)27-10-9-20-7-4-16-36-20/h2,4-6,16-17,20-23,31-32H,3,7-15H2,1H3,(H,27,33)/t20?,21?,22-,23-/m1/s1. The van der Waals surface area contributed by atoms with Crippen molar-refractivity contribution in [3.63, 3.8) is 0 Å². The molecule has 36 heavy (non-hydrogen) atoms. The molecule has 196 valence electrons. The lowest BCUT2D eigenvalue weighted by molar-refractivity contribution is -0.153. The highest BCUT2D eigenvalue weighted by molar-refractivity contribution is 8.03. The summed E-state index contributed by atoms with van der Waals surface area (Å²) in [5, 5.41) is 26.0. The number of carbonyl (C=O) groups excluding carboxylic acids is 3. The smallest absolute Gasteiger partial charge is 0.255 e. The number of amides is 3. The molecule has 4 rings (SSSR count). The third-order valence-electron chi connectivity index (χ3n) is 7.20. The lowest BCUT2D eigenvalue weighted by atomic mass is 10.0. The fourth-order valence-corrected chi connectivity index (χ4v) is 5.89. The molecule has 3 aliphatic heterocycles. The molecule has 0 radical (unpaired) electrons. The van der Waals surface area contributed by atoms with Crippen LogP contribution in [0.2, 0.25) is 0 Å². The van der Waals surface area contributed by atoms with Crippen molar-refractivity contribution < 1.29 is 24.6 Å². The van der Waals surface area contributed by atoms with Crippen LogP contribution >= 0.6 is 11.8 Å². The minimum absolute atomic E-state index is 0.0280. The van der Waals surface area contributed by atoms with Gasteiger partial charge >= 0.3 is 0 Å². The van der Waals surface area contributed by atoms with Crippen molar-refractivity contribution in [3.8, 4) is 0 Å².